The van der Waals surface area contributed by atoms with Crippen LogP contribution in [0.2, 0.25) is 0 Å². The maximum atomic E-state index is 14.7. The van der Waals surface area contributed by atoms with Gasteiger partial charge in [-0.2, -0.15) is 26.3 Å². The number of likely N-dealkylation sites (tertiary alicyclic amines) is 1. The van der Waals surface area contributed by atoms with E-state index in [1.54, 1.807) is 24.3 Å². The summed E-state index contributed by atoms with van der Waals surface area (Å²) in [6.07, 6.45) is -8.69. The van der Waals surface area contributed by atoms with Crippen LogP contribution < -0.4 is 9.47 Å². The van der Waals surface area contributed by atoms with Crippen molar-refractivity contribution in [3.8, 4) is 22.6 Å². The van der Waals surface area contributed by atoms with Gasteiger partial charge in [-0.1, -0.05) is 31.0 Å². The number of rotatable bonds is 7. The second-order valence-electron chi connectivity index (χ2n) is 11.5. The molecule has 0 aromatic heterocycles. The molecule has 0 N–H and O–H groups in total. The van der Waals surface area contributed by atoms with E-state index in [9.17, 15) is 40.3 Å². The quantitative estimate of drug-likeness (QED) is 0.188. The maximum absolute atomic E-state index is 14.7. The molecule has 1 aliphatic heterocycles. The number of piperidine rings is 1. The average Bonchev–Trinajstić information content (AvgIpc) is 2.86. The Morgan fingerprint density at radius 3 is 1.83 bits per heavy atom. The van der Waals surface area contributed by atoms with Gasteiger partial charge in [0.05, 0.1) is 6.61 Å². The fourth-order valence-electron chi connectivity index (χ4n) is 5.81. The van der Waals surface area contributed by atoms with Crippen molar-refractivity contribution in [1.29, 1.82) is 0 Å². The summed E-state index contributed by atoms with van der Waals surface area (Å²) in [5, 5.41) is 0. The summed E-state index contributed by atoms with van der Waals surface area (Å²) in [7, 11) is 0. The van der Waals surface area contributed by atoms with E-state index in [1.807, 2.05) is 0 Å². The third-order valence-corrected chi connectivity index (χ3v) is 9.01. The van der Waals surface area contributed by atoms with Crippen LogP contribution in [-0.2, 0) is 9.59 Å². The van der Waals surface area contributed by atoms with Crippen LogP contribution in [0, 0.1) is 22.6 Å². The van der Waals surface area contributed by atoms with Crippen LogP contribution in [0.4, 0.5) is 30.7 Å². The molecule has 12 heteroatoms. The number of halogens is 7. The van der Waals surface area contributed by atoms with E-state index in [-0.39, 0.29) is 51.1 Å². The topological polar surface area (TPSA) is 55.8 Å². The Bertz CT molecular complexity index is 1310. The molecule has 1 heterocycles. The molecule has 0 bridgehead atoms. The number of carbonyl (C=O) groups excluding carboxylic acids is 2. The zero-order valence-electron chi connectivity index (χ0n) is 22.6. The van der Waals surface area contributed by atoms with Crippen LogP contribution in [0.1, 0.15) is 51.4 Å². The van der Waals surface area contributed by atoms with Crippen LogP contribution in [-0.4, -0.2) is 48.8 Å². The number of hydrogen-bond acceptors (Lipinski definition) is 4. The average molecular weight is 602 g/mol. The highest BCUT2D eigenvalue weighted by Crippen LogP contribution is 2.55. The molecule has 3 aliphatic rings. The van der Waals surface area contributed by atoms with E-state index in [0.29, 0.717) is 42.7 Å². The van der Waals surface area contributed by atoms with E-state index in [4.69, 9.17) is 9.47 Å². The number of nitrogens with zero attached hydrogens (tertiary/aromatic N) is 1. The van der Waals surface area contributed by atoms with Gasteiger partial charge in [0, 0.05) is 13.1 Å². The van der Waals surface area contributed by atoms with Crippen molar-refractivity contribution in [1.82, 2.24) is 4.90 Å². The molecule has 2 aliphatic carbocycles. The van der Waals surface area contributed by atoms with Crippen molar-refractivity contribution in [3.05, 3.63) is 48.3 Å². The van der Waals surface area contributed by atoms with E-state index in [1.165, 1.54) is 11.0 Å². The third-order valence-electron chi connectivity index (χ3n) is 9.01. The van der Waals surface area contributed by atoms with Crippen LogP contribution in [0.3, 0.4) is 0 Å². The molecule has 228 valence electrons. The lowest BCUT2D eigenvalue weighted by Gasteiger charge is -2.45. The highest BCUT2D eigenvalue weighted by Gasteiger charge is 2.65. The van der Waals surface area contributed by atoms with Gasteiger partial charge < -0.3 is 14.4 Å². The van der Waals surface area contributed by atoms with Gasteiger partial charge in [0.2, 0.25) is 5.91 Å². The first-order valence-corrected chi connectivity index (χ1v) is 13.9. The second-order valence-corrected chi connectivity index (χ2v) is 11.5. The Labute approximate surface area is 238 Å². The number of ether oxygens (including phenoxy) is 2. The zero-order chi connectivity index (χ0) is 30.3. The maximum Gasteiger partial charge on any atom is 0.404 e. The van der Waals surface area contributed by atoms with Crippen molar-refractivity contribution in [2.45, 2.75) is 63.7 Å². The lowest BCUT2D eigenvalue weighted by atomic mass is 9.67. The Balaban J connectivity index is 1.12. The minimum atomic E-state index is -4.77. The molecule has 0 unspecified atom stereocenters. The number of alkyl halides is 6. The van der Waals surface area contributed by atoms with Crippen molar-refractivity contribution in [2.24, 2.45) is 16.7 Å². The first kappa shape index (κ1) is 30.2. The van der Waals surface area contributed by atoms with Crippen LogP contribution in [0.5, 0.6) is 11.5 Å². The smallest absolute Gasteiger partial charge is 0.404 e. The molecular weight excluding hydrogens is 571 g/mol. The van der Waals surface area contributed by atoms with Gasteiger partial charge in [0.15, 0.2) is 17.0 Å². The summed E-state index contributed by atoms with van der Waals surface area (Å²) >= 11 is 0. The van der Waals surface area contributed by atoms with Crippen molar-refractivity contribution < 1.29 is 49.8 Å². The monoisotopic (exact) mass is 601 g/mol. The van der Waals surface area contributed by atoms with E-state index in [2.05, 4.69) is 0 Å². The van der Waals surface area contributed by atoms with Crippen molar-refractivity contribution >= 4 is 11.9 Å². The van der Waals surface area contributed by atoms with Gasteiger partial charge in [0.25, 0.3) is 0 Å². The fraction of sp³-hybridized carbons (Fsp3) is 0.533. The predicted molar refractivity (Wildman–Crippen MR) is 137 cm³/mol. The van der Waals surface area contributed by atoms with Gasteiger partial charge >= 0.3 is 18.3 Å². The molecule has 42 heavy (non-hydrogen) atoms. The second kappa shape index (κ2) is 11.1. The number of benzene rings is 2. The fourth-order valence-corrected chi connectivity index (χ4v) is 5.81. The molecule has 1 saturated heterocycles. The molecule has 2 aromatic carbocycles. The minimum absolute atomic E-state index is 0.0673. The highest BCUT2D eigenvalue weighted by molar-refractivity contribution is 5.84. The normalized spacial score (nSPS) is 20.3. The molecule has 0 atom stereocenters. The summed E-state index contributed by atoms with van der Waals surface area (Å²) in [5.41, 5.74) is -3.81. The SMILES string of the molecule is O=C(Oc1ccc(-c2ccc(OCC3CCN(C(=O)C4(C(F)(F)F)CCC4)CC3)cc2)cc1F)C1(C(F)(F)F)CCC1. The molecule has 1 amide bonds. The molecule has 2 aromatic rings. The Hall–Kier alpha value is -3.31. The number of esters is 1. The molecule has 5 nitrogen and oxygen atoms in total. The Morgan fingerprint density at radius 1 is 0.810 bits per heavy atom. The van der Waals surface area contributed by atoms with Crippen LogP contribution >= 0.6 is 0 Å². The molecule has 0 spiro atoms. The van der Waals surface area contributed by atoms with E-state index < -0.39 is 46.6 Å². The summed E-state index contributed by atoms with van der Waals surface area (Å²) in [6, 6.07) is 10.3. The summed E-state index contributed by atoms with van der Waals surface area (Å²) in [5.74, 6) is -3.28. The summed E-state index contributed by atoms with van der Waals surface area (Å²) < 4.78 is 106. The Kier molecular flexibility index (Phi) is 7.95. The summed E-state index contributed by atoms with van der Waals surface area (Å²) in [4.78, 5) is 26.2. The number of hydrogen-bond donors (Lipinski definition) is 0. The third kappa shape index (κ3) is 5.44. The van der Waals surface area contributed by atoms with E-state index >= 15 is 0 Å². The van der Waals surface area contributed by atoms with E-state index in [0.717, 1.165) is 12.1 Å². The zero-order valence-corrected chi connectivity index (χ0v) is 22.6. The van der Waals surface area contributed by atoms with Gasteiger partial charge in [-0.25, -0.2) is 4.39 Å². The molecule has 3 fully saturated rings. The number of carbonyl (C=O) groups is 2. The lowest BCUT2D eigenvalue weighted by molar-refractivity contribution is -0.251. The highest BCUT2D eigenvalue weighted by atomic mass is 19.4. The largest absolute Gasteiger partial charge is 0.493 e. The molecular formula is C30H30F7NO4. The molecule has 2 saturated carbocycles. The summed E-state index contributed by atoms with van der Waals surface area (Å²) in [6.45, 7) is 0.815. The van der Waals surface area contributed by atoms with Crippen LogP contribution in [0.25, 0.3) is 11.1 Å². The van der Waals surface area contributed by atoms with Gasteiger partial charge in [-0.05, 0) is 79.8 Å². The first-order chi connectivity index (χ1) is 19.8. The standard InChI is InChI=1S/C30H30F7NO4/c31-23-17-21(5-8-24(23)42-26(40)28(13-2-14-28)30(35,36)37)20-3-6-22(7-4-20)41-18-19-9-15-38(16-10-19)25(39)27(11-1-12-27)29(32,33)34/h3-8,17,19H,1-2,9-16,18H2. The van der Waals surface area contributed by atoms with Gasteiger partial charge in [-0.3, -0.25) is 9.59 Å². The number of amides is 1. The van der Waals surface area contributed by atoms with Crippen molar-refractivity contribution in [2.75, 3.05) is 19.7 Å². The van der Waals surface area contributed by atoms with Crippen LogP contribution in [0.15, 0.2) is 42.5 Å². The molecule has 0 radical (unpaired) electrons. The molecule has 5 rings (SSSR count). The first-order valence-electron chi connectivity index (χ1n) is 13.9. The Morgan fingerprint density at radius 2 is 1.36 bits per heavy atom. The van der Waals surface area contributed by atoms with Gasteiger partial charge in [0.1, 0.15) is 11.2 Å². The van der Waals surface area contributed by atoms with Gasteiger partial charge in [-0.15, -0.1) is 0 Å². The minimum Gasteiger partial charge on any atom is -0.493 e. The van der Waals surface area contributed by atoms with Crippen molar-refractivity contribution in [3.63, 3.8) is 0 Å². The predicted octanol–water partition coefficient (Wildman–Crippen LogP) is 7.48. The lowest BCUT2D eigenvalue weighted by Crippen LogP contribution is -2.57.